The van der Waals surface area contributed by atoms with Gasteiger partial charge < -0.3 is 10.2 Å². The van der Waals surface area contributed by atoms with E-state index in [1.54, 1.807) is 11.3 Å². The SMILES string of the molecule is CCS[C@H]1CC[C@H](NC2CCN(c3nccs3)CC2)C1. The number of thiazole rings is 1. The molecule has 1 aromatic heterocycles. The minimum Gasteiger partial charge on any atom is -0.348 e. The molecular weight excluding hydrogens is 286 g/mol. The molecule has 3 nitrogen and oxygen atoms in total. The van der Waals surface area contributed by atoms with Gasteiger partial charge in [0.2, 0.25) is 0 Å². The van der Waals surface area contributed by atoms with Crippen molar-refractivity contribution in [3.63, 3.8) is 0 Å². The Balaban J connectivity index is 1.41. The van der Waals surface area contributed by atoms with Gasteiger partial charge in [-0.15, -0.1) is 11.3 Å². The van der Waals surface area contributed by atoms with Crippen molar-refractivity contribution in [3.8, 4) is 0 Å². The molecule has 0 radical (unpaired) electrons. The number of rotatable bonds is 5. The van der Waals surface area contributed by atoms with Gasteiger partial charge in [-0.3, -0.25) is 0 Å². The van der Waals surface area contributed by atoms with Gasteiger partial charge in [0.15, 0.2) is 5.13 Å². The first kappa shape index (κ1) is 14.7. The molecule has 112 valence electrons. The van der Waals surface area contributed by atoms with Crippen molar-refractivity contribution >= 4 is 28.2 Å². The molecule has 3 rings (SSSR count). The zero-order chi connectivity index (χ0) is 13.8. The number of thioether (sulfide) groups is 1. The number of nitrogens with one attached hydrogen (secondary N) is 1. The van der Waals surface area contributed by atoms with Gasteiger partial charge in [0.25, 0.3) is 0 Å². The highest BCUT2D eigenvalue weighted by Crippen LogP contribution is 2.30. The third-order valence-electron chi connectivity index (χ3n) is 4.44. The minimum absolute atomic E-state index is 0.724. The lowest BCUT2D eigenvalue weighted by Crippen LogP contribution is -2.45. The van der Waals surface area contributed by atoms with Gasteiger partial charge in [-0.25, -0.2) is 4.98 Å². The van der Waals surface area contributed by atoms with Gasteiger partial charge >= 0.3 is 0 Å². The third kappa shape index (κ3) is 3.68. The molecule has 0 amide bonds. The van der Waals surface area contributed by atoms with Crippen molar-refractivity contribution < 1.29 is 0 Å². The maximum absolute atomic E-state index is 4.42. The summed E-state index contributed by atoms with van der Waals surface area (Å²) in [5.41, 5.74) is 0. The Morgan fingerprint density at radius 1 is 1.30 bits per heavy atom. The molecule has 1 aromatic rings. The van der Waals surface area contributed by atoms with Gasteiger partial charge in [0.1, 0.15) is 0 Å². The second kappa shape index (κ2) is 7.14. The molecule has 0 unspecified atom stereocenters. The van der Waals surface area contributed by atoms with Crippen LogP contribution < -0.4 is 10.2 Å². The Morgan fingerprint density at radius 3 is 2.85 bits per heavy atom. The van der Waals surface area contributed by atoms with E-state index in [4.69, 9.17) is 0 Å². The highest BCUT2D eigenvalue weighted by Gasteiger charge is 2.28. The Hall–Kier alpha value is -0.260. The summed E-state index contributed by atoms with van der Waals surface area (Å²) in [4.78, 5) is 6.86. The van der Waals surface area contributed by atoms with E-state index in [2.05, 4.69) is 39.3 Å². The second-order valence-electron chi connectivity index (χ2n) is 5.83. The number of aromatic nitrogens is 1. The largest absolute Gasteiger partial charge is 0.348 e. The molecule has 1 N–H and O–H groups in total. The predicted molar refractivity (Wildman–Crippen MR) is 90.0 cm³/mol. The van der Waals surface area contributed by atoms with Crippen molar-refractivity contribution in [1.82, 2.24) is 10.3 Å². The van der Waals surface area contributed by atoms with Crippen molar-refractivity contribution in [2.24, 2.45) is 0 Å². The van der Waals surface area contributed by atoms with E-state index in [-0.39, 0.29) is 0 Å². The number of hydrogen-bond donors (Lipinski definition) is 1. The fourth-order valence-electron chi connectivity index (χ4n) is 3.42. The Labute approximate surface area is 130 Å². The molecule has 0 bridgehead atoms. The molecule has 20 heavy (non-hydrogen) atoms. The minimum atomic E-state index is 0.724. The van der Waals surface area contributed by atoms with Gasteiger partial charge in [-0.05, 0) is 37.9 Å². The monoisotopic (exact) mass is 311 g/mol. The average molecular weight is 312 g/mol. The highest BCUT2D eigenvalue weighted by atomic mass is 32.2. The summed E-state index contributed by atoms with van der Waals surface area (Å²) >= 11 is 3.91. The first-order chi connectivity index (χ1) is 9.85. The lowest BCUT2D eigenvalue weighted by atomic mass is 10.0. The normalized spacial score (nSPS) is 28.1. The first-order valence-corrected chi connectivity index (χ1v) is 9.80. The number of hydrogen-bond acceptors (Lipinski definition) is 5. The molecule has 5 heteroatoms. The van der Waals surface area contributed by atoms with Crippen LogP contribution in [-0.4, -0.2) is 41.2 Å². The smallest absolute Gasteiger partial charge is 0.185 e. The van der Waals surface area contributed by atoms with E-state index in [1.807, 2.05) is 6.20 Å². The van der Waals surface area contributed by atoms with Crippen LogP contribution in [0.15, 0.2) is 11.6 Å². The standard InChI is InChI=1S/C15H25N3S2/c1-2-19-14-4-3-13(11-14)17-12-5-8-18(9-6-12)15-16-7-10-20-15/h7,10,12-14,17H,2-6,8-9,11H2,1H3/t13-,14-/m0/s1. The van der Waals surface area contributed by atoms with Gasteiger partial charge in [-0.1, -0.05) is 6.92 Å². The molecule has 1 saturated heterocycles. The van der Waals surface area contributed by atoms with Crippen LogP contribution in [0.2, 0.25) is 0 Å². The van der Waals surface area contributed by atoms with Crippen molar-refractivity contribution in [1.29, 1.82) is 0 Å². The Morgan fingerprint density at radius 2 is 2.15 bits per heavy atom. The summed E-state index contributed by atoms with van der Waals surface area (Å²) < 4.78 is 0. The van der Waals surface area contributed by atoms with E-state index >= 15 is 0 Å². The topological polar surface area (TPSA) is 28.2 Å². The molecule has 2 fully saturated rings. The van der Waals surface area contributed by atoms with Crippen LogP contribution in [0.1, 0.15) is 39.0 Å². The van der Waals surface area contributed by atoms with E-state index in [0.717, 1.165) is 30.4 Å². The van der Waals surface area contributed by atoms with Crippen LogP contribution >= 0.6 is 23.1 Å². The molecule has 0 aromatic carbocycles. The summed E-state index contributed by atoms with van der Waals surface area (Å²) in [5.74, 6) is 1.27. The summed E-state index contributed by atoms with van der Waals surface area (Å²) in [6, 6.07) is 1.50. The van der Waals surface area contributed by atoms with E-state index < -0.39 is 0 Å². The summed E-state index contributed by atoms with van der Waals surface area (Å²) in [6.07, 6.45) is 8.61. The zero-order valence-electron chi connectivity index (χ0n) is 12.3. The Kier molecular flexibility index (Phi) is 5.24. The fourth-order valence-corrected chi connectivity index (χ4v) is 5.26. The molecule has 2 atom stereocenters. The maximum Gasteiger partial charge on any atom is 0.185 e. The van der Waals surface area contributed by atoms with E-state index in [9.17, 15) is 0 Å². The molecule has 1 aliphatic heterocycles. The first-order valence-electron chi connectivity index (χ1n) is 7.87. The predicted octanol–water partition coefficient (Wildman–Crippen LogP) is 3.38. The third-order valence-corrected chi connectivity index (χ3v) is 6.51. The lowest BCUT2D eigenvalue weighted by Gasteiger charge is -2.33. The molecule has 2 heterocycles. The average Bonchev–Trinajstić information content (AvgIpc) is 3.12. The Bertz CT molecular complexity index is 388. The molecule has 1 aliphatic carbocycles. The van der Waals surface area contributed by atoms with Crippen molar-refractivity contribution in [2.75, 3.05) is 23.7 Å². The van der Waals surface area contributed by atoms with E-state index in [0.29, 0.717) is 0 Å². The maximum atomic E-state index is 4.42. The quantitative estimate of drug-likeness (QED) is 0.902. The number of nitrogens with zero attached hydrogens (tertiary/aromatic N) is 2. The van der Waals surface area contributed by atoms with Crippen LogP contribution in [0.5, 0.6) is 0 Å². The van der Waals surface area contributed by atoms with E-state index in [1.165, 1.54) is 43.0 Å². The summed E-state index contributed by atoms with van der Waals surface area (Å²) in [7, 11) is 0. The summed E-state index contributed by atoms with van der Waals surface area (Å²) in [5, 5.41) is 8.10. The fraction of sp³-hybridized carbons (Fsp3) is 0.800. The summed E-state index contributed by atoms with van der Waals surface area (Å²) in [6.45, 7) is 4.59. The molecule has 2 aliphatic rings. The zero-order valence-corrected chi connectivity index (χ0v) is 13.9. The van der Waals surface area contributed by atoms with Crippen LogP contribution in [0.4, 0.5) is 5.13 Å². The van der Waals surface area contributed by atoms with Gasteiger partial charge in [-0.2, -0.15) is 11.8 Å². The highest BCUT2D eigenvalue weighted by molar-refractivity contribution is 7.99. The van der Waals surface area contributed by atoms with Gasteiger partial charge in [0.05, 0.1) is 0 Å². The van der Waals surface area contributed by atoms with Crippen LogP contribution in [0.25, 0.3) is 0 Å². The van der Waals surface area contributed by atoms with Crippen molar-refractivity contribution in [3.05, 3.63) is 11.6 Å². The van der Waals surface area contributed by atoms with Crippen LogP contribution in [0, 0.1) is 0 Å². The number of anilines is 1. The molecular formula is C15H25N3S2. The van der Waals surface area contributed by atoms with Crippen LogP contribution in [-0.2, 0) is 0 Å². The van der Waals surface area contributed by atoms with Crippen molar-refractivity contribution in [2.45, 2.75) is 56.4 Å². The van der Waals surface area contributed by atoms with Gasteiger partial charge in [0, 0.05) is 42.0 Å². The molecule has 0 spiro atoms. The lowest BCUT2D eigenvalue weighted by molar-refractivity contribution is 0.368. The van der Waals surface area contributed by atoms with Crippen LogP contribution in [0.3, 0.4) is 0 Å². The molecule has 1 saturated carbocycles. The number of piperidine rings is 1. The second-order valence-corrected chi connectivity index (χ2v) is 8.28.